The molecule has 0 saturated carbocycles. The number of benzene rings is 10. The van der Waals surface area contributed by atoms with Crippen LogP contribution in [0.25, 0.3) is 43.1 Å². The highest BCUT2D eigenvalue weighted by atomic mass is 15.5. The van der Waals surface area contributed by atoms with Crippen molar-refractivity contribution in [2.45, 2.75) is 13.8 Å². The van der Waals surface area contributed by atoms with Crippen LogP contribution in [-0.2, 0) is 0 Å². The summed E-state index contributed by atoms with van der Waals surface area (Å²) in [6.07, 6.45) is 0. The average Bonchev–Trinajstić information content (AvgIpc) is 3.80. The van der Waals surface area contributed by atoms with Gasteiger partial charge >= 0.3 is 0 Å². The number of hydrogen-bond donors (Lipinski definition) is 0. The molecule has 0 spiro atoms. The van der Waals surface area contributed by atoms with Gasteiger partial charge in [0.2, 0.25) is 0 Å². The zero-order valence-electron chi connectivity index (χ0n) is 33.4. The zero-order valence-corrected chi connectivity index (χ0v) is 33.4. The maximum Gasteiger partial charge on any atom is 0.166 e. The summed E-state index contributed by atoms with van der Waals surface area (Å²) in [5, 5.41) is 9.63. The van der Waals surface area contributed by atoms with Crippen molar-refractivity contribution in [2.75, 3.05) is 19.6 Å². The summed E-state index contributed by atoms with van der Waals surface area (Å²) in [5.74, 6) is 2.08. The van der Waals surface area contributed by atoms with Crippen molar-refractivity contribution in [3.8, 4) is 0 Å². The lowest BCUT2D eigenvalue weighted by Crippen LogP contribution is -2.33. The highest BCUT2D eigenvalue weighted by Crippen LogP contribution is 2.58. The van der Waals surface area contributed by atoms with Crippen molar-refractivity contribution in [3.63, 3.8) is 0 Å². The molecule has 0 radical (unpaired) electrons. The molecule has 2 aliphatic heterocycles. The lowest BCUT2D eigenvalue weighted by atomic mass is 10.1. The van der Waals surface area contributed by atoms with Gasteiger partial charge in [0.25, 0.3) is 0 Å². The van der Waals surface area contributed by atoms with Crippen LogP contribution >= 0.6 is 0 Å². The van der Waals surface area contributed by atoms with Crippen LogP contribution < -0.4 is 19.6 Å². The smallest absolute Gasteiger partial charge is 0.166 e. The SMILES string of the molecule is Cc1ccc2c(c1)N(c1ccc3ccccc3c1)/C(=C1\N(c3ccc4ccccc4c3)c3ccc(C)cc3N1c1ccc3ccccc3c1)N2c1ccc2ccccc2c1. The van der Waals surface area contributed by atoms with Gasteiger partial charge in [-0.05, 0) is 141 Å². The summed E-state index contributed by atoms with van der Waals surface area (Å²) in [5.41, 5.74) is 11.3. The fraction of sp³-hybridized carbons (Fsp3) is 0.0357. The number of nitrogens with zero attached hydrogens (tertiary/aromatic N) is 4. The van der Waals surface area contributed by atoms with Crippen LogP contribution in [0.4, 0.5) is 45.5 Å². The van der Waals surface area contributed by atoms with Gasteiger partial charge in [-0.25, -0.2) is 0 Å². The highest BCUT2D eigenvalue weighted by Gasteiger charge is 2.44. The second-order valence-corrected chi connectivity index (χ2v) is 16.1. The van der Waals surface area contributed by atoms with Crippen molar-refractivity contribution >= 4 is 88.6 Å². The van der Waals surface area contributed by atoms with Crippen molar-refractivity contribution in [2.24, 2.45) is 0 Å². The van der Waals surface area contributed by atoms with E-state index in [4.69, 9.17) is 0 Å². The molecule has 0 unspecified atom stereocenters. The third-order valence-electron chi connectivity index (χ3n) is 12.2. The topological polar surface area (TPSA) is 13.0 Å². The van der Waals surface area contributed by atoms with E-state index < -0.39 is 0 Å². The van der Waals surface area contributed by atoms with Crippen molar-refractivity contribution < 1.29 is 0 Å². The van der Waals surface area contributed by atoms with E-state index in [0.29, 0.717) is 0 Å². The Hall–Kier alpha value is -7.82. The molecule has 284 valence electrons. The Morgan fingerprint density at radius 3 is 0.800 bits per heavy atom. The molecule has 2 heterocycles. The fourth-order valence-electron chi connectivity index (χ4n) is 9.37. The number of rotatable bonds is 4. The van der Waals surface area contributed by atoms with Crippen LogP contribution in [-0.4, -0.2) is 0 Å². The standard InChI is InChI=1S/C56H40N4/c1-37-19-29-51-53(31-37)59(49-27-23-41-13-5-9-17-45(41)35-49)55(57(51)47-25-21-39-11-3-7-15-43(39)33-47)56-58(48-26-22-40-12-4-8-16-44(40)34-48)52-30-20-38(2)32-54(52)60(56)50-28-24-42-14-6-10-18-46(42)36-50/h3-36H,1-2H3/b56-55+. The number of fused-ring (bicyclic) bond motifs is 6. The van der Waals surface area contributed by atoms with Gasteiger partial charge in [0.15, 0.2) is 11.6 Å². The third-order valence-corrected chi connectivity index (χ3v) is 12.2. The number of hydrogen-bond acceptors (Lipinski definition) is 4. The largest absolute Gasteiger partial charge is 0.291 e. The van der Waals surface area contributed by atoms with E-state index in [9.17, 15) is 0 Å². The molecule has 0 amide bonds. The summed E-state index contributed by atoms with van der Waals surface area (Å²) in [4.78, 5) is 9.99. The van der Waals surface area contributed by atoms with Crippen LogP contribution in [0.5, 0.6) is 0 Å². The Labute approximate surface area is 349 Å². The van der Waals surface area contributed by atoms with Gasteiger partial charge in [-0.15, -0.1) is 0 Å². The van der Waals surface area contributed by atoms with E-state index >= 15 is 0 Å². The second kappa shape index (κ2) is 13.4. The van der Waals surface area contributed by atoms with Crippen LogP contribution in [0.1, 0.15) is 11.1 Å². The average molecular weight is 769 g/mol. The first-order valence-electron chi connectivity index (χ1n) is 20.7. The molecule has 10 aromatic carbocycles. The Bertz CT molecular complexity index is 3170. The van der Waals surface area contributed by atoms with E-state index in [1.807, 2.05) is 0 Å². The van der Waals surface area contributed by atoms with E-state index in [1.54, 1.807) is 0 Å². The molecular formula is C56H40N4. The first kappa shape index (κ1) is 34.2. The predicted molar refractivity (Wildman–Crippen MR) is 254 cm³/mol. The molecule has 12 rings (SSSR count). The van der Waals surface area contributed by atoms with Crippen LogP contribution in [0.15, 0.2) is 218 Å². The number of aryl methyl sites for hydroxylation is 2. The van der Waals surface area contributed by atoms with Gasteiger partial charge in [0.1, 0.15) is 0 Å². The monoisotopic (exact) mass is 768 g/mol. The first-order valence-corrected chi connectivity index (χ1v) is 20.7. The molecule has 10 aromatic rings. The quantitative estimate of drug-likeness (QED) is 0.177. The first-order chi connectivity index (χ1) is 29.6. The Morgan fingerprint density at radius 1 is 0.233 bits per heavy atom. The Kier molecular flexibility index (Phi) is 7.63. The van der Waals surface area contributed by atoms with Gasteiger partial charge in [-0.3, -0.25) is 19.6 Å². The van der Waals surface area contributed by atoms with E-state index in [-0.39, 0.29) is 0 Å². The second-order valence-electron chi connectivity index (χ2n) is 16.1. The molecule has 60 heavy (non-hydrogen) atoms. The summed E-state index contributed by atoms with van der Waals surface area (Å²) >= 11 is 0. The van der Waals surface area contributed by atoms with E-state index in [1.165, 1.54) is 54.2 Å². The zero-order chi connectivity index (χ0) is 39.9. The number of anilines is 8. The maximum atomic E-state index is 2.50. The molecule has 4 heteroatoms. The highest BCUT2D eigenvalue weighted by molar-refractivity contribution is 6.04. The molecule has 0 atom stereocenters. The predicted octanol–water partition coefficient (Wildman–Crippen LogP) is 15.3. The third kappa shape index (κ3) is 5.38. The molecule has 0 aliphatic carbocycles. The summed E-state index contributed by atoms with van der Waals surface area (Å²) < 4.78 is 0. The molecular weight excluding hydrogens is 729 g/mol. The van der Waals surface area contributed by atoms with Crippen LogP contribution in [0, 0.1) is 13.8 Å². The van der Waals surface area contributed by atoms with Gasteiger partial charge in [-0.1, -0.05) is 133 Å². The minimum Gasteiger partial charge on any atom is -0.291 e. The van der Waals surface area contributed by atoms with E-state index in [0.717, 1.165) is 57.1 Å². The van der Waals surface area contributed by atoms with Gasteiger partial charge in [0.05, 0.1) is 22.7 Å². The van der Waals surface area contributed by atoms with Crippen molar-refractivity contribution in [1.29, 1.82) is 0 Å². The summed E-state index contributed by atoms with van der Waals surface area (Å²) in [7, 11) is 0. The van der Waals surface area contributed by atoms with Crippen LogP contribution in [0.3, 0.4) is 0 Å². The minimum absolute atomic E-state index is 1.04. The molecule has 0 aromatic heterocycles. The lowest BCUT2D eigenvalue weighted by Gasteiger charge is -2.34. The van der Waals surface area contributed by atoms with Gasteiger partial charge < -0.3 is 0 Å². The Balaban J connectivity index is 1.24. The van der Waals surface area contributed by atoms with Crippen molar-refractivity contribution in [1.82, 2.24) is 0 Å². The maximum absolute atomic E-state index is 2.50. The van der Waals surface area contributed by atoms with E-state index in [2.05, 4.69) is 240 Å². The molecule has 0 N–H and O–H groups in total. The Morgan fingerprint density at radius 2 is 0.500 bits per heavy atom. The molecule has 4 nitrogen and oxygen atoms in total. The summed E-state index contributed by atoms with van der Waals surface area (Å²) in [6.45, 7) is 4.39. The lowest BCUT2D eigenvalue weighted by molar-refractivity contribution is 1.01. The molecule has 0 fully saturated rings. The van der Waals surface area contributed by atoms with Gasteiger partial charge in [0, 0.05) is 22.7 Å². The molecule has 0 bridgehead atoms. The van der Waals surface area contributed by atoms with Gasteiger partial charge in [-0.2, -0.15) is 0 Å². The van der Waals surface area contributed by atoms with Crippen LogP contribution in [0.2, 0.25) is 0 Å². The molecule has 2 aliphatic rings. The minimum atomic E-state index is 1.04. The van der Waals surface area contributed by atoms with Crippen molar-refractivity contribution in [3.05, 3.63) is 229 Å². The fourth-order valence-corrected chi connectivity index (χ4v) is 9.37. The molecule has 0 saturated heterocycles. The summed E-state index contributed by atoms with van der Waals surface area (Å²) in [6, 6.07) is 76.0. The normalized spacial score (nSPS) is 14.8.